The summed E-state index contributed by atoms with van der Waals surface area (Å²) in [6.45, 7) is 4.16. The normalized spacial score (nSPS) is 15.7. The van der Waals surface area contributed by atoms with Crippen LogP contribution in [0.2, 0.25) is 5.02 Å². The molecule has 0 radical (unpaired) electrons. The zero-order chi connectivity index (χ0) is 25.9. The number of amides is 2. The monoisotopic (exact) mass is 517 g/mol. The van der Waals surface area contributed by atoms with Crippen molar-refractivity contribution >= 4 is 23.6 Å². The lowest BCUT2D eigenvalue weighted by Crippen LogP contribution is -2.47. The average molecular weight is 518 g/mol. The van der Waals surface area contributed by atoms with Crippen LogP contribution in [0.4, 0.5) is 4.79 Å². The van der Waals surface area contributed by atoms with Gasteiger partial charge in [-0.15, -0.1) is 0 Å². The average Bonchev–Trinajstić information content (AvgIpc) is 2.89. The Bertz CT molecular complexity index is 999. The van der Waals surface area contributed by atoms with E-state index in [9.17, 15) is 9.59 Å². The maximum Gasteiger partial charge on any atom is 0.406 e. The summed E-state index contributed by atoms with van der Waals surface area (Å²) in [4.78, 5) is 24.9. The van der Waals surface area contributed by atoms with Gasteiger partial charge in [-0.05, 0) is 67.5 Å². The van der Waals surface area contributed by atoms with Crippen LogP contribution in [0, 0.1) is 5.92 Å². The molecular weight excluding hydrogens is 482 g/mol. The smallest absolute Gasteiger partial charge is 0.406 e. The molecule has 0 bridgehead atoms. The topological polar surface area (TPSA) is 89.1 Å². The minimum Gasteiger partial charge on any atom is -0.453 e. The van der Waals surface area contributed by atoms with Gasteiger partial charge in [0.15, 0.2) is 0 Å². The van der Waals surface area contributed by atoms with E-state index in [1.54, 1.807) is 18.1 Å². The summed E-state index contributed by atoms with van der Waals surface area (Å²) < 4.78 is 16.2. The van der Waals surface area contributed by atoms with Crippen molar-refractivity contribution in [3.05, 3.63) is 70.2 Å². The fourth-order valence-corrected chi connectivity index (χ4v) is 4.72. The molecule has 2 aromatic carbocycles. The maximum absolute atomic E-state index is 13.5. The van der Waals surface area contributed by atoms with Crippen molar-refractivity contribution in [2.75, 3.05) is 40.5 Å². The number of hydrogen-bond acceptors (Lipinski definition) is 6. The number of alkyl carbamates (subject to hydrolysis) is 1. The number of benzene rings is 2. The van der Waals surface area contributed by atoms with Crippen molar-refractivity contribution in [3.63, 3.8) is 0 Å². The van der Waals surface area contributed by atoms with Crippen molar-refractivity contribution in [2.24, 2.45) is 5.92 Å². The van der Waals surface area contributed by atoms with E-state index >= 15 is 0 Å². The highest BCUT2D eigenvalue weighted by Gasteiger charge is 2.26. The molecule has 1 aliphatic heterocycles. The number of carbonyl (C=O) groups excluding carboxylic acids is 2. The van der Waals surface area contributed by atoms with Crippen LogP contribution in [0.5, 0.6) is 0 Å². The summed E-state index contributed by atoms with van der Waals surface area (Å²) >= 11 is 6.25. The summed E-state index contributed by atoms with van der Waals surface area (Å²) in [7, 11) is 3.08. The second kappa shape index (κ2) is 14.2. The van der Waals surface area contributed by atoms with Crippen LogP contribution in [-0.2, 0) is 14.2 Å². The van der Waals surface area contributed by atoms with Gasteiger partial charge in [0.25, 0.3) is 5.91 Å². The number of halogens is 1. The first-order valence-corrected chi connectivity index (χ1v) is 12.7. The zero-order valence-electron chi connectivity index (χ0n) is 21.2. The molecule has 0 spiro atoms. The highest BCUT2D eigenvalue weighted by Crippen LogP contribution is 2.29. The van der Waals surface area contributed by atoms with Gasteiger partial charge < -0.3 is 19.5 Å². The van der Waals surface area contributed by atoms with Gasteiger partial charge in [-0.1, -0.05) is 35.9 Å². The summed E-state index contributed by atoms with van der Waals surface area (Å²) in [5, 5.41) is 4.90. The van der Waals surface area contributed by atoms with Crippen molar-refractivity contribution in [2.45, 2.75) is 38.3 Å². The van der Waals surface area contributed by atoms with Crippen molar-refractivity contribution in [1.82, 2.24) is 15.8 Å². The Morgan fingerprint density at radius 1 is 1.14 bits per heavy atom. The Hall–Kier alpha value is -2.65. The first-order valence-electron chi connectivity index (χ1n) is 12.3. The third-order valence-electron chi connectivity index (χ3n) is 6.34. The molecule has 8 nitrogen and oxygen atoms in total. The second-order valence-corrected chi connectivity index (χ2v) is 9.33. The van der Waals surface area contributed by atoms with E-state index in [2.05, 4.69) is 22.4 Å². The van der Waals surface area contributed by atoms with Crippen LogP contribution >= 0.6 is 11.6 Å². The molecule has 2 N–H and O–H groups in total. The minimum atomic E-state index is -0.521. The summed E-state index contributed by atoms with van der Waals surface area (Å²) in [5.74, 6) is 0.444. The molecule has 1 saturated heterocycles. The molecule has 2 atom stereocenters. The third kappa shape index (κ3) is 7.93. The molecule has 1 aliphatic rings. The lowest BCUT2D eigenvalue weighted by Gasteiger charge is -2.32. The summed E-state index contributed by atoms with van der Waals surface area (Å²) in [6, 6.07) is 14.9. The predicted molar refractivity (Wildman–Crippen MR) is 139 cm³/mol. The van der Waals surface area contributed by atoms with Gasteiger partial charge in [0.2, 0.25) is 0 Å². The first kappa shape index (κ1) is 27.9. The number of hydrogen-bond donors (Lipinski definition) is 2. The van der Waals surface area contributed by atoms with E-state index in [0.29, 0.717) is 16.5 Å². The van der Waals surface area contributed by atoms with E-state index in [4.69, 9.17) is 21.1 Å². The molecule has 9 heteroatoms. The predicted octanol–water partition coefficient (Wildman–Crippen LogP) is 4.58. The number of nitrogens with zero attached hydrogens (tertiary/aromatic N) is 1. The Morgan fingerprint density at radius 3 is 2.50 bits per heavy atom. The number of rotatable bonds is 11. The molecule has 196 valence electrons. The van der Waals surface area contributed by atoms with Gasteiger partial charge in [0.1, 0.15) is 6.10 Å². The van der Waals surface area contributed by atoms with Crippen LogP contribution in [0.25, 0.3) is 0 Å². The van der Waals surface area contributed by atoms with E-state index in [-0.39, 0.29) is 25.1 Å². The molecule has 2 unspecified atom stereocenters. The number of nitrogens with one attached hydrogen (secondary N) is 2. The van der Waals surface area contributed by atoms with Gasteiger partial charge in [-0.2, -0.15) is 0 Å². The Morgan fingerprint density at radius 2 is 1.83 bits per heavy atom. The highest BCUT2D eigenvalue weighted by atomic mass is 35.5. The molecule has 1 fully saturated rings. The molecule has 36 heavy (non-hydrogen) atoms. The van der Waals surface area contributed by atoms with Crippen LogP contribution < -0.4 is 10.7 Å². The van der Waals surface area contributed by atoms with Crippen molar-refractivity contribution in [3.8, 4) is 0 Å². The quantitative estimate of drug-likeness (QED) is 0.335. The highest BCUT2D eigenvalue weighted by molar-refractivity contribution is 6.30. The van der Waals surface area contributed by atoms with Gasteiger partial charge >= 0.3 is 6.09 Å². The lowest BCUT2D eigenvalue weighted by atomic mass is 9.92. The van der Waals surface area contributed by atoms with Crippen LogP contribution in [0.15, 0.2) is 48.5 Å². The molecule has 2 aromatic rings. The largest absolute Gasteiger partial charge is 0.453 e. The Labute approximate surface area is 218 Å². The first-order chi connectivity index (χ1) is 17.4. The molecule has 0 aromatic heterocycles. The van der Waals surface area contributed by atoms with E-state index in [1.807, 2.05) is 42.5 Å². The summed E-state index contributed by atoms with van der Waals surface area (Å²) in [5.41, 5.74) is 5.31. The van der Waals surface area contributed by atoms with Gasteiger partial charge in [-0.25, -0.2) is 10.2 Å². The number of ether oxygens (including phenoxy) is 3. The van der Waals surface area contributed by atoms with Crippen molar-refractivity contribution in [1.29, 1.82) is 0 Å². The van der Waals surface area contributed by atoms with Gasteiger partial charge in [0.05, 0.1) is 13.7 Å². The molecule has 2 amide bonds. The van der Waals surface area contributed by atoms with E-state index < -0.39 is 12.2 Å². The fraction of sp³-hybridized carbons (Fsp3) is 0.481. The molecule has 3 rings (SSSR count). The standard InChI is InChI=1S/C27H36ClN3O5/c1-19(16-20-10-13-35-14-11-20)31(29-2)26(32)23-8-4-6-21(17-23)25(22-7-5-9-24(28)18-22)36-15-12-30-27(33)34-3/h4-9,17-20,25,29H,10-16H2,1-3H3,(H,30,33). The Kier molecular flexibility index (Phi) is 11.0. The summed E-state index contributed by atoms with van der Waals surface area (Å²) in [6.07, 6.45) is 1.97. The fourth-order valence-electron chi connectivity index (χ4n) is 4.52. The van der Waals surface area contributed by atoms with Crippen LogP contribution in [0.1, 0.15) is 53.8 Å². The van der Waals surface area contributed by atoms with E-state index in [1.165, 1.54) is 7.11 Å². The second-order valence-electron chi connectivity index (χ2n) is 8.89. The molecule has 0 saturated carbocycles. The number of carbonyl (C=O) groups is 2. The number of methoxy groups -OCH3 is 1. The van der Waals surface area contributed by atoms with Gasteiger partial charge in [0, 0.05) is 43.4 Å². The third-order valence-corrected chi connectivity index (χ3v) is 6.58. The maximum atomic E-state index is 13.5. The number of hydrazine groups is 1. The molecule has 0 aliphatic carbocycles. The lowest BCUT2D eigenvalue weighted by molar-refractivity contribution is 0.0396. The van der Waals surface area contributed by atoms with Gasteiger partial charge in [-0.3, -0.25) is 9.80 Å². The van der Waals surface area contributed by atoms with Crippen LogP contribution in [0.3, 0.4) is 0 Å². The van der Waals surface area contributed by atoms with Crippen LogP contribution in [-0.4, -0.2) is 63.6 Å². The van der Waals surface area contributed by atoms with E-state index in [0.717, 1.165) is 43.6 Å². The SMILES string of the molecule is CNN(C(=O)c1cccc(C(OCCNC(=O)OC)c2cccc(Cl)c2)c1)C(C)CC1CCOCC1. The van der Waals surface area contributed by atoms with Crippen molar-refractivity contribution < 1.29 is 23.8 Å². The minimum absolute atomic E-state index is 0.0265. The Balaban J connectivity index is 1.78. The molecular formula is C27H36ClN3O5. The molecule has 1 heterocycles. The zero-order valence-corrected chi connectivity index (χ0v) is 21.9.